The highest BCUT2D eigenvalue weighted by atomic mass is 28.3. The molecule has 4 nitrogen and oxygen atoms in total. The maximum absolute atomic E-state index is 13.9. The minimum Gasteiger partial charge on any atom is -0.291 e. The number of hydrogen-bond acceptors (Lipinski definition) is 2. The van der Waals surface area contributed by atoms with Gasteiger partial charge in [0.2, 0.25) is 0 Å². The van der Waals surface area contributed by atoms with Gasteiger partial charge in [-0.05, 0) is 35.8 Å². The van der Waals surface area contributed by atoms with Gasteiger partial charge in [0, 0.05) is 5.69 Å². The fourth-order valence-corrected chi connectivity index (χ4v) is 10.2. The van der Waals surface area contributed by atoms with Crippen LogP contribution in [0.15, 0.2) is 60.7 Å². The number of benzene rings is 2. The molecular formula is C24H32N2O2Si. The first kappa shape index (κ1) is 21.3. The van der Waals surface area contributed by atoms with Crippen molar-refractivity contribution in [3.8, 4) is 0 Å². The molecule has 0 aliphatic carbocycles. The summed E-state index contributed by atoms with van der Waals surface area (Å²) in [6.45, 7) is 6.51. The van der Waals surface area contributed by atoms with Crippen molar-refractivity contribution in [1.29, 1.82) is 0 Å². The highest BCUT2D eigenvalue weighted by molar-refractivity contribution is 6.82. The Balaban J connectivity index is 2.14. The lowest BCUT2D eigenvalue weighted by Crippen LogP contribution is -2.56. The largest absolute Gasteiger partial charge is 0.324 e. The smallest absolute Gasteiger partial charge is 0.291 e. The Hall–Kier alpha value is -2.40. The van der Waals surface area contributed by atoms with E-state index in [0.29, 0.717) is 0 Å². The molecule has 2 aromatic rings. The standard InChI is InChI=1S/C24H32N2O2Si/c1-4-17-29(18-5-2,19-6-3)26-23(27)22(20-13-9-7-10-14-20)25(24(26)28)21-15-11-8-12-16-21/h7-16,22H,4-6,17-19H2,1-3H3. The molecule has 0 radical (unpaired) electrons. The summed E-state index contributed by atoms with van der Waals surface area (Å²) in [5, 5.41) is 0. The van der Waals surface area contributed by atoms with Gasteiger partial charge < -0.3 is 0 Å². The van der Waals surface area contributed by atoms with Gasteiger partial charge in [-0.2, -0.15) is 0 Å². The van der Waals surface area contributed by atoms with Gasteiger partial charge >= 0.3 is 6.03 Å². The molecule has 2 aromatic carbocycles. The first-order valence-electron chi connectivity index (χ1n) is 10.9. The van der Waals surface area contributed by atoms with Gasteiger partial charge in [-0.3, -0.25) is 14.3 Å². The van der Waals surface area contributed by atoms with Crippen LogP contribution in [0.5, 0.6) is 0 Å². The van der Waals surface area contributed by atoms with Crippen molar-refractivity contribution in [3.05, 3.63) is 66.2 Å². The normalized spacial score (nSPS) is 17.3. The van der Waals surface area contributed by atoms with Crippen LogP contribution < -0.4 is 4.90 Å². The minimum absolute atomic E-state index is 0.0351. The summed E-state index contributed by atoms with van der Waals surface area (Å²) in [5.41, 5.74) is 1.67. The Labute approximate surface area is 175 Å². The molecule has 1 heterocycles. The lowest BCUT2D eigenvalue weighted by Gasteiger charge is -2.38. The molecule has 0 spiro atoms. The highest BCUT2D eigenvalue weighted by Gasteiger charge is 2.55. The van der Waals surface area contributed by atoms with E-state index in [2.05, 4.69) is 20.8 Å². The first-order valence-corrected chi connectivity index (χ1v) is 13.4. The fraction of sp³-hybridized carbons (Fsp3) is 0.417. The zero-order valence-corrected chi connectivity index (χ0v) is 18.8. The number of rotatable bonds is 9. The number of hydrogen-bond donors (Lipinski definition) is 0. The van der Waals surface area contributed by atoms with Gasteiger partial charge in [-0.1, -0.05) is 88.6 Å². The van der Waals surface area contributed by atoms with Crippen molar-refractivity contribution in [3.63, 3.8) is 0 Å². The summed E-state index contributed by atoms with van der Waals surface area (Å²) in [7, 11) is -2.25. The van der Waals surface area contributed by atoms with Crippen LogP contribution in [0.3, 0.4) is 0 Å². The monoisotopic (exact) mass is 408 g/mol. The molecule has 154 valence electrons. The van der Waals surface area contributed by atoms with Crippen molar-refractivity contribution in [2.24, 2.45) is 0 Å². The Kier molecular flexibility index (Phi) is 6.90. The van der Waals surface area contributed by atoms with Crippen LogP contribution in [-0.2, 0) is 4.79 Å². The van der Waals surface area contributed by atoms with E-state index in [0.717, 1.165) is 48.6 Å². The second-order valence-corrected chi connectivity index (χ2v) is 12.3. The number of carbonyl (C=O) groups is 2. The molecule has 1 aliphatic rings. The van der Waals surface area contributed by atoms with E-state index in [1.165, 1.54) is 0 Å². The average Bonchev–Trinajstić information content (AvgIpc) is 3.00. The Morgan fingerprint density at radius 3 is 1.72 bits per heavy atom. The van der Waals surface area contributed by atoms with Gasteiger partial charge in [0.05, 0.1) is 0 Å². The van der Waals surface area contributed by atoms with Crippen molar-refractivity contribution < 1.29 is 9.59 Å². The molecule has 1 atom stereocenters. The van der Waals surface area contributed by atoms with Crippen LogP contribution >= 0.6 is 0 Å². The SMILES string of the molecule is CCC[Si](CCC)(CCC)N1C(=O)C(c2ccccc2)N(c2ccccc2)C1=O. The van der Waals surface area contributed by atoms with Crippen LogP contribution in [0.2, 0.25) is 18.1 Å². The second kappa shape index (κ2) is 9.40. The molecule has 5 heteroatoms. The molecule has 3 rings (SSSR count). The molecule has 1 fully saturated rings. The third-order valence-corrected chi connectivity index (χ3v) is 11.5. The Bertz CT molecular complexity index is 751. The first-order chi connectivity index (χ1) is 14.1. The van der Waals surface area contributed by atoms with Crippen LogP contribution in [-0.4, -0.2) is 24.7 Å². The van der Waals surface area contributed by atoms with Gasteiger partial charge in [0.25, 0.3) is 5.91 Å². The van der Waals surface area contributed by atoms with Crippen molar-refractivity contribution >= 4 is 25.9 Å². The maximum atomic E-state index is 13.9. The molecule has 0 N–H and O–H groups in total. The predicted molar refractivity (Wildman–Crippen MR) is 121 cm³/mol. The van der Waals surface area contributed by atoms with E-state index >= 15 is 0 Å². The number of para-hydroxylation sites is 1. The van der Waals surface area contributed by atoms with Crippen molar-refractivity contribution in [2.45, 2.75) is 64.2 Å². The summed E-state index contributed by atoms with van der Waals surface area (Å²) in [6, 6.07) is 21.6. The molecule has 0 saturated carbocycles. The topological polar surface area (TPSA) is 40.6 Å². The lowest BCUT2D eigenvalue weighted by atomic mass is 10.1. The summed E-state index contributed by atoms with van der Waals surface area (Å²) in [6.07, 6.45) is 3.01. The van der Waals surface area contributed by atoms with E-state index < -0.39 is 14.3 Å². The number of urea groups is 1. The summed E-state index contributed by atoms with van der Waals surface area (Å²) < 4.78 is 1.76. The van der Waals surface area contributed by atoms with Crippen molar-refractivity contribution in [1.82, 2.24) is 4.57 Å². The third kappa shape index (κ3) is 4.01. The van der Waals surface area contributed by atoms with E-state index in [1.54, 1.807) is 9.47 Å². The summed E-state index contributed by atoms with van der Waals surface area (Å²) in [4.78, 5) is 29.4. The number of nitrogens with zero attached hydrogens (tertiary/aromatic N) is 2. The Morgan fingerprint density at radius 1 is 0.759 bits per heavy atom. The Morgan fingerprint density at radius 2 is 1.24 bits per heavy atom. The van der Waals surface area contributed by atoms with E-state index in [4.69, 9.17) is 0 Å². The predicted octanol–water partition coefficient (Wildman–Crippen LogP) is 6.37. The third-order valence-electron chi connectivity index (χ3n) is 5.88. The van der Waals surface area contributed by atoms with Crippen molar-refractivity contribution in [2.75, 3.05) is 4.90 Å². The van der Waals surface area contributed by atoms with Gasteiger partial charge in [0.1, 0.15) is 6.04 Å². The molecule has 1 saturated heterocycles. The van der Waals surface area contributed by atoms with Crippen LogP contribution in [0.25, 0.3) is 0 Å². The van der Waals surface area contributed by atoms with Gasteiger partial charge in [-0.15, -0.1) is 0 Å². The zero-order chi connectivity index (χ0) is 20.9. The molecule has 0 bridgehead atoms. The van der Waals surface area contributed by atoms with E-state index in [9.17, 15) is 9.59 Å². The molecule has 29 heavy (non-hydrogen) atoms. The van der Waals surface area contributed by atoms with Gasteiger partial charge in [0.15, 0.2) is 8.24 Å². The molecule has 0 aromatic heterocycles. The zero-order valence-electron chi connectivity index (χ0n) is 17.8. The maximum Gasteiger partial charge on any atom is 0.324 e. The lowest BCUT2D eigenvalue weighted by molar-refractivity contribution is -0.124. The molecule has 3 amide bonds. The second-order valence-electron chi connectivity index (χ2n) is 7.95. The number of carbonyl (C=O) groups excluding carboxylic acids is 2. The van der Waals surface area contributed by atoms with E-state index in [1.807, 2.05) is 60.7 Å². The molecular weight excluding hydrogens is 376 g/mol. The average molecular weight is 409 g/mol. The van der Waals surface area contributed by atoms with Gasteiger partial charge in [-0.25, -0.2) is 4.79 Å². The van der Waals surface area contributed by atoms with Crippen LogP contribution in [0.4, 0.5) is 10.5 Å². The minimum atomic E-state index is -2.25. The number of amides is 3. The summed E-state index contributed by atoms with van der Waals surface area (Å²) >= 11 is 0. The quantitative estimate of drug-likeness (QED) is 0.357. The summed E-state index contributed by atoms with van der Waals surface area (Å²) in [5.74, 6) is -0.0351. The van der Waals surface area contributed by atoms with E-state index in [-0.39, 0.29) is 11.9 Å². The highest BCUT2D eigenvalue weighted by Crippen LogP contribution is 2.41. The number of imide groups is 1. The number of anilines is 1. The van der Waals surface area contributed by atoms with Crippen LogP contribution in [0.1, 0.15) is 51.6 Å². The molecule has 1 aliphatic heterocycles. The van der Waals surface area contributed by atoms with Crippen LogP contribution in [0, 0.1) is 0 Å². The fourth-order valence-electron chi connectivity index (χ4n) is 4.86. The molecule has 1 unspecified atom stereocenters.